The summed E-state index contributed by atoms with van der Waals surface area (Å²) in [7, 11) is 0. The summed E-state index contributed by atoms with van der Waals surface area (Å²) < 4.78 is 2.22. The van der Waals surface area contributed by atoms with Gasteiger partial charge in [-0.05, 0) is 36.5 Å². The van der Waals surface area contributed by atoms with Gasteiger partial charge in [0.05, 0.1) is 12.1 Å². The summed E-state index contributed by atoms with van der Waals surface area (Å²) >= 11 is 0. The predicted molar refractivity (Wildman–Crippen MR) is 92.7 cm³/mol. The molecule has 24 heavy (non-hydrogen) atoms. The Morgan fingerprint density at radius 2 is 1.75 bits per heavy atom. The van der Waals surface area contributed by atoms with Crippen LogP contribution in [0.2, 0.25) is 0 Å². The van der Waals surface area contributed by atoms with Crippen molar-refractivity contribution in [2.75, 3.05) is 19.6 Å². The van der Waals surface area contributed by atoms with Crippen LogP contribution < -0.4 is 0 Å². The Bertz CT molecular complexity index is 749. The molecule has 0 unspecified atom stereocenters. The van der Waals surface area contributed by atoms with E-state index < -0.39 is 0 Å². The minimum absolute atomic E-state index is 0.179. The van der Waals surface area contributed by atoms with E-state index >= 15 is 0 Å². The fourth-order valence-electron chi connectivity index (χ4n) is 4.37. The molecule has 0 radical (unpaired) electrons. The number of carbonyl (C=O) groups is 1. The molecule has 1 saturated heterocycles. The smallest absolute Gasteiger partial charge is 0.271 e. The molecule has 4 nitrogen and oxygen atoms in total. The van der Waals surface area contributed by atoms with Crippen molar-refractivity contribution in [2.24, 2.45) is 5.92 Å². The molecule has 124 valence electrons. The fraction of sp³-hybridized carbons (Fsp3) is 0.450. The number of rotatable bonds is 4. The van der Waals surface area contributed by atoms with Gasteiger partial charge in [0.25, 0.3) is 5.91 Å². The Labute approximate surface area is 142 Å². The molecule has 2 atom stereocenters. The van der Waals surface area contributed by atoms with Gasteiger partial charge in [-0.2, -0.15) is 0 Å². The number of aromatic nitrogens is 1. The van der Waals surface area contributed by atoms with E-state index in [0.29, 0.717) is 12.6 Å². The maximum Gasteiger partial charge on any atom is 0.271 e. The van der Waals surface area contributed by atoms with Crippen molar-refractivity contribution in [3.8, 4) is 0 Å². The first kappa shape index (κ1) is 14.3. The second-order valence-electron chi connectivity index (χ2n) is 7.52. The van der Waals surface area contributed by atoms with Gasteiger partial charge in [0.15, 0.2) is 0 Å². The third kappa shape index (κ3) is 2.37. The number of benzene rings is 1. The maximum atomic E-state index is 13.1. The van der Waals surface area contributed by atoms with Gasteiger partial charge in [-0.1, -0.05) is 30.3 Å². The number of hydrogen-bond donors (Lipinski definition) is 0. The lowest BCUT2D eigenvalue weighted by Gasteiger charge is -2.38. The summed E-state index contributed by atoms with van der Waals surface area (Å²) in [5, 5.41) is 0. The van der Waals surface area contributed by atoms with Crippen molar-refractivity contribution in [3.05, 3.63) is 59.9 Å². The van der Waals surface area contributed by atoms with Crippen molar-refractivity contribution >= 4 is 5.91 Å². The molecule has 4 heteroatoms. The van der Waals surface area contributed by atoms with Crippen LogP contribution in [0.3, 0.4) is 0 Å². The first-order valence-corrected chi connectivity index (χ1v) is 9.03. The van der Waals surface area contributed by atoms with Gasteiger partial charge in [-0.25, -0.2) is 0 Å². The Kier molecular flexibility index (Phi) is 3.27. The zero-order chi connectivity index (χ0) is 16.1. The van der Waals surface area contributed by atoms with Crippen LogP contribution >= 0.6 is 0 Å². The lowest BCUT2D eigenvalue weighted by molar-refractivity contribution is 0.0557. The summed E-state index contributed by atoms with van der Waals surface area (Å²) in [5.74, 6) is 1.07. The Balaban J connectivity index is 1.46. The highest BCUT2D eigenvalue weighted by Gasteiger charge is 2.45. The van der Waals surface area contributed by atoms with Crippen LogP contribution in [-0.2, 0) is 6.54 Å². The first-order chi connectivity index (χ1) is 11.8. The summed E-state index contributed by atoms with van der Waals surface area (Å²) in [6, 6.07) is 15.0. The third-order valence-corrected chi connectivity index (χ3v) is 5.76. The molecular weight excluding hydrogens is 298 g/mol. The van der Waals surface area contributed by atoms with E-state index in [1.54, 1.807) is 0 Å². The van der Waals surface area contributed by atoms with E-state index in [2.05, 4.69) is 44.8 Å². The first-order valence-electron chi connectivity index (χ1n) is 9.03. The highest BCUT2D eigenvalue weighted by Crippen LogP contribution is 2.37. The zero-order valence-electron chi connectivity index (χ0n) is 13.8. The lowest BCUT2D eigenvalue weighted by Crippen LogP contribution is -2.49. The molecule has 3 heterocycles. The van der Waals surface area contributed by atoms with E-state index in [1.165, 1.54) is 24.9 Å². The van der Waals surface area contributed by atoms with Crippen molar-refractivity contribution in [1.82, 2.24) is 14.4 Å². The van der Waals surface area contributed by atoms with Crippen molar-refractivity contribution in [1.29, 1.82) is 0 Å². The van der Waals surface area contributed by atoms with Crippen LogP contribution in [0.15, 0.2) is 48.7 Å². The Hall–Kier alpha value is -2.07. The zero-order valence-corrected chi connectivity index (χ0v) is 13.8. The number of hydrogen-bond acceptors (Lipinski definition) is 2. The second-order valence-corrected chi connectivity index (χ2v) is 7.52. The predicted octanol–water partition coefficient (Wildman–Crippen LogP) is 2.78. The van der Waals surface area contributed by atoms with E-state index in [0.717, 1.165) is 24.7 Å². The van der Waals surface area contributed by atoms with Crippen LogP contribution in [0.4, 0.5) is 0 Å². The van der Waals surface area contributed by atoms with Crippen LogP contribution in [0.5, 0.6) is 0 Å². The second kappa shape index (κ2) is 5.49. The van der Waals surface area contributed by atoms with Gasteiger partial charge >= 0.3 is 0 Å². The van der Waals surface area contributed by atoms with Gasteiger partial charge in [-0.3, -0.25) is 9.69 Å². The molecule has 0 spiro atoms. The number of carbonyl (C=O) groups excluding carboxylic acids is 1. The van der Waals surface area contributed by atoms with Crippen LogP contribution in [0.1, 0.15) is 34.9 Å². The van der Waals surface area contributed by atoms with Crippen LogP contribution in [0.25, 0.3) is 0 Å². The topological polar surface area (TPSA) is 28.5 Å². The third-order valence-electron chi connectivity index (χ3n) is 5.76. The van der Waals surface area contributed by atoms with Gasteiger partial charge in [-0.15, -0.1) is 0 Å². The summed E-state index contributed by atoms with van der Waals surface area (Å²) in [6.07, 6.45) is 4.85. The van der Waals surface area contributed by atoms with Crippen LogP contribution in [-0.4, -0.2) is 46.0 Å². The largest absolute Gasteiger partial charge is 0.337 e. The summed E-state index contributed by atoms with van der Waals surface area (Å²) in [4.78, 5) is 17.7. The van der Waals surface area contributed by atoms with Gasteiger partial charge < -0.3 is 9.47 Å². The molecule has 2 fully saturated rings. The minimum Gasteiger partial charge on any atom is -0.337 e. The maximum absolute atomic E-state index is 13.1. The summed E-state index contributed by atoms with van der Waals surface area (Å²) in [5.41, 5.74) is 2.06. The molecule has 2 aliphatic heterocycles. The van der Waals surface area contributed by atoms with E-state index in [4.69, 9.17) is 0 Å². The Morgan fingerprint density at radius 1 is 0.958 bits per heavy atom. The number of likely N-dealkylation sites (tertiary alicyclic amines) is 1. The molecule has 1 aliphatic carbocycles. The monoisotopic (exact) mass is 321 g/mol. The average molecular weight is 321 g/mol. The highest BCUT2D eigenvalue weighted by molar-refractivity contribution is 5.94. The normalized spacial score (nSPS) is 26.5. The molecular formula is C20H23N3O. The molecule has 5 rings (SSSR count). The van der Waals surface area contributed by atoms with E-state index in [-0.39, 0.29) is 11.9 Å². The van der Waals surface area contributed by atoms with Gasteiger partial charge in [0.2, 0.25) is 0 Å². The summed E-state index contributed by atoms with van der Waals surface area (Å²) in [6.45, 7) is 4.00. The van der Waals surface area contributed by atoms with Crippen molar-refractivity contribution in [2.45, 2.75) is 31.5 Å². The molecule has 2 aromatic rings. The molecule has 1 aromatic carbocycles. The lowest BCUT2D eigenvalue weighted by atomic mass is 10.0. The fourth-order valence-corrected chi connectivity index (χ4v) is 4.37. The molecule has 3 aliphatic rings. The highest BCUT2D eigenvalue weighted by atomic mass is 16.2. The minimum atomic E-state index is 0.179. The van der Waals surface area contributed by atoms with Crippen molar-refractivity contribution < 1.29 is 4.79 Å². The molecule has 0 N–H and O–H groups in total. The van der Waals surface area contributed by atoms with Crippen molar-refractivity contribution in [3.63, 3.8) is 0 Å². The molecule has 0 bridgehead atoms. The number of amides is 1. The van der Waals surface area contributed by atoms with Gasteiger partial charge in [0, 0.05) is 32.4 Å². The molecule has 1 saturated carbocycles. The number of nitrogens with zero attached hydrogens (tertiary/aromatic N) is 3. The average Bonchev–Trinajstić information content (AvgIpc) is 3.10. The van der Waals surface area contributed by atoms with Gasteiger partial charge in [0.1, 0.15) is 5.69 Å². The standard InChI is InChI=1S/C20H23N3O/c24-20-17-7-4-10-22(17)18-13-21(11-16-8-9-16)14-19(18)23(20)12-15-5-2-1-3-6-15/h1-7,10,16,18-19H,8-9,11-14H2/t18-,19-/m0/s1. The molecule has 1 aromatic heterocycles. The molecule has 1 amide bonds. The number of fused-ring (bicyclic) bond motifs is 3. The Morgan fingerprint density at radius 3 is 2.54 bits per heavy atom. The van der Waals surface area contributed by atoms with E-state index in [9.17, 15) is 4.79 Å². The quantitative estimate of drug-likeness (QED) is 0.866. The van der Waals surface area contributed by atoms with Crippen LogP contribution in [0, 0.1) is 5.92 Å². The van der Waals surface area contributed by atoms with E-state index in [1.807, 2.05) is 18.2 Å². The SMILES string of the molecule is O=C1c2cccn2[C@H]2CN(CC3CC3)C[C@@H]2N1Cc1ccccc1.